The largest absolute Gasteiger partial charge is 0.420 e. The van der Waals surface area contributed by atoms with Crippen LogP contribution in [0.2, 0.25) is 0 Å². The topological polar surface area (TPSA) is 71.3 Å². The van der Waals surface area contributed by atoms with Gasteiger partial charge in [-0.3, -0.25) is 0 Å². The lowest BCUT2D eigenvalue weighted by atomic mass is 9.96. The number of hydrogen-bond acceptors (Lipinski definition) is 5. The molecule has 1 aliphatic rings. The smallest absolute Gasteiger partial charge is 0.318 e. The fourth-order valence-corrected chi connectivity index (χ4v) is 4.73. The van der Waals surface area contributed by atoms with Gasteiger partial charge in [0.05, 0.1) is 6.04 Å². The molecular weight excluding hydrogens is 420 g/mol. The van der Waals surface area contributed by atoms with Crippen molar-refractivity contribution in [2.45, 2.75) is 24.8 Å². The first kappa shape index (κ1) is 20.5. The average molecular weight is 445 g/mol. The molecular formula is C25H24N4O2S. The zero-order valence-corrected chi connectivity index (χ0v) is 18.4. The third kappa shape index (κ3) is 4.43. The molecule has 0 spiro atoms. The maximum atomic E-state index is 13.1. The molecule has 7 heteroatoms. The van der Waals surface area contributed by atoms with Gasteiger partial charge in [-0.15, -0.1) is 10.2 Å². The van der Waals surface area contributed by atoms with E-state index in [1.165, 1.54) is 0 Å². The summed E-state index contributed by atoms with van der Waals surface area (Å²) in [4.78, 5) is 15.0. The predicted molar refractivity (Wildman–Crippen MR) is 124 cm³/mol. The highest BCUT2D eigenvalue weighted by atomic mass is 32.1. The Morgan fingerprint density at radius 1 is 0.969 bits per heavy atom. The first-order valence-corrected chi connectivity index (χ1v) is 11.7. The van der Waals surface area contributed by atoms with E-state index in [-0.39, 0.29) is 18.0 Å². The van der Waals surface area contributed by atoms with Gasteiger partial charge in [-0.25, -0.2) is 4.79 Å². The van der Waals surface area contributed by atoms with Gasteiger partial charge in [-0.2, -0.15) is 11.3 Å². The van der Waals surface area contributed by atoms with Crippen LogP contribution in [-0.2, 0) is 0 Å². The Morgan fingerprint density at radius 2 is 1.62 bits per heavy atom. The van der Waals surface area contributed by atoms with Crippen molar-refractivity contribution in [2.75, 3.05) is 13.1 Å². The van der Waals surface area contributed by atoms with Crippen LogP contribution in [0.25, 0.3) is 11.5 Å². The van der Waals surface area contributed by atoms with Crippen molar-refractivity contribution >= 4 is 17.4 Å². The van der Waals surface area contributed by atoms with E-state index in [0.717, 1.165) is 29.5 Å². The van der Waals surface area contributed by atoms with Gasteiger partial charge in [0, 0.05) is 30.0 Å². The molecule has 1 aliphatic heterocycles. The van der Waals surface area contributed by atoms with E-state index in [0.29, 0.717) is 24.9 Å². The summed E-state index contributed by atoms with van der Waals surface area (Å²) in [7, 11) is 0. The summed E-state index contributed by atoms with van der Waals surface area (Å²) in [6.07, 6.45) is 1.61. The molecule has 0 bridgehead atoms. The number of piperidine rings is 1. The van der Waals surface area contributed by atoms with Gasteiger partial charge in [-0.1, -0.05) is 60.7 Å². The van der Waals surface area contributed by atoms with Crippen LogP contribution in [0.15, 0.2) is 81.9 Å². The first-order valence-electron chi connectivity index (χ1n) is 10.8. The van der Waals surface area contributed by atoms with Crippen molar-refractivity contribution < 1.29 is 9.21 Å². The van der Waals surface area contributed by atoms with Gasteiger partial charge in [0.15, 0.2) is 0 Å². The van der Waals surface area contributed by atoms with E-state index in [9.17, 15) is 4.79 Å². The van der Waals surface area contributed by atoms with Crippen LogP contribution < -0.4 is 5.32 Å². The van der Waals surface area contributed by atoms with Crippen LogP contribution in [0.3, 0.4) is 0 Å². The van der Waals surface area contributed by atoms with Crippen LogP contribution in [0.4, 0.5) is 4.79 Å². The van der Waals surface area contributed by atoms with Crippen LogP contribution in [0, 0.1) is 0 Å². The van der Waals surface area contributed by atoms with E-state index >= 15 is 0 Å². The number of aromatic nitrogens is 2. The number of rotatable bonds is 5. The summed E-state index contributed by atoms with van der Waals surface area (Å²) in [6, 6.07) is 21.9. The molecule has 0 saturated carbocycles. The number of hydrogen-bond donors (Lipinski definition) is 1. The van der Waals surface area contributed by atoms with Crippen LogP contribution in [0.1, 0.15) is 41.8 Å². The Kier molecular flexibility index (Phi) is 5.98. The molecule has 2 aromatic carbocycles. The van der Waals surface area contributed by atoms with Gasteiger partial charge in [-0.05, 0) is 35.4 Å². The standard InChI is InChI=1S/C25H24N4O2S/c30-25(26-22(18-7-3-1-4-8-18)19-9-5-2-6-10-19)29-14-11-20(12-15-29)23-27-28-24(31-23)21-13-16-32-17-21/h1-10,13,16-17,20,22H,11-12,14-15H2,(H,26,30). The SMILES string of the molecule is O=C(NC(c1ccccc1)c1ccccc1)N1CCC(c2nnc(-c3ccsc3)o2)CC1. The molecule has 0 unspecified atom stereocenters. The van der Waals surface area contributed by atoms with Crippen molar-refractivity contribution in [1.82, 2.24) is 20.4 Å². The Hall–Kier alpha value is -3.45. The van der Waals surface area contributed by atoms with Crippen molar-refractivity contribution in [2.24, 2.45) is 0 Å². The number of urea groups is 1. The molecule has 0 atom stereocenters. The van der Waals surface area contributed by atoms with E-state index in [2.05, 4.69) is 15.5 Å². The van der Waals surface area contributed by atoms with Crippen molar-refractivity contribution in [1.29, 1.82) is 0 Å². The molecule has 6 nitrogen and oxygen atoms in total. The zero-order valence-electron chi connectivity index (χ0n) is 17.6. The molecule has 5 rings (SSSR count). The van der Waals surface area contributed by atoms with E-state index in [1.54, 1.807) is 11.3 Å². The number of benzene rings is 2. The van der Waals surface area contributed by atoms with E-state index < -0.39 is 0 Å². The number of thiophene rings is 1. The number of carbonyl (C=O) groups is 1. The molecule has 162 valence electrons. The van der Waals surface area contributed by atoms with Gasteiger partial charge >= 0.3 is 6.03 Å². The molecule has 1 fully saturated rings. The minimum absolute atomic E-state index is 0.0503. The Bertz CT molecular complexity index is 1100. The van der Waals surface area contributed by atoms with Gasteiger partial charge in [0.2, 0.25) is 11.8 Å². The number of likely N-dealkylation sites (tertiary alicyclic amines) is 1. The molecule has 1 N–H and O–H groups in total. The Balaban J connectivity index is 1.24. The molecule has 0 aliphatic carbocycles. The number of amides is 2. The fourth-order valence-electron chi connectivity index (χ4n) is 4.10. The maximum absolute atomic E-state index is 13.1. The lowest BCUT2D eigenvalue weighted by Gasteiger charge is -2.32. The van der Waals surface area contributed by atoms with E-state index in [1.807, 2.05) is 82.4 Å². The minimum atomic E-state index is -0.188. The highest BCUT2D eigenvalue weighted by molar-refractivity contribution is 7.08. The Labute approximate surface area is 190 Å². The summed E-state index contributed by atoms with van der Waals surface area (Å²) in [6.45, 7) is 1.31. The number of carbonyl (C=O) groups excluding carboxylic acids is 1. The molecule has 1 saturated heterocycles. The van der Waals surface area contributed by atoms with Crippen molar-refractivity contribution in [3.05, 3.63) is 94.5 Å². The monoisotopic (exact) mass is 444 g/mol. The fraction of sp³-hybridized carbons (Fsp3) is 0.240. The molecule has 3 heterocycles. The van der Waals surface area contributed by atoms with Gasteiger partial charge in [0.25, 0.3) is 0 Å². The molecule has 32 heavy (non-hydrogen) atoms. The van der Waals surface area contributed by atoms with Crippen molar-refractivity contribution in [3.63, 3.8) is 0 Å². The summed E-state index contributed by atoms with van der Waals surface area (Å²) < 4.78 is 5.91. The summed E-state index contributed by atoms with van der Waals surface area (Å²) in [5.74, 6) is 1.41. The lowest BCUT2D eigenvalue weighted by Crippen LogP contribution is -2.45. The maximum Gasteiger partial charge on any atom is 0.318 e. The van der Waals surface area contributed by atoms with Gasteiger partial charge in [0.1, 0.15) is 0 Å². The highest BCUT2D eigenvalue weighted by Crippen LogP contribution is 2.30. The van der Waals surface area contributed by atoms with Crippen LogP contribution in [-0.4, -0.2) is 34.2 Å². The molecule has 0 radical (unpaired) electrons. The van der Waals surface area contributed by atoms with Crippen LogP contribution in [0.5, 0.6) is 0 Å². The van der Waals surface area contributed by atoms with Crippen LogP contribution >= 0.6 is 11.3 Å². The molecule has 4 aromatic rings. The number of nitrogens with one attached hydrogen (secondary N) is 1. The summed E-state index contributed by atoms with van der Waals surface area (Å²) in [5.41, 5.74) is 3.08. The minimum Gasteiger partial charge on any atom is -0.420 e. The number of nitrogens with zero attached hydrogens (tertiary/aromatic N) is 3. The lowest BCUT2D eigenvalue weighted by molar-refractivity contribution is 0.175. The van der Waals surface area contributed by atoms with Gasteiger partial charge < -0.3 is 14.6 Å². The quantitative estimate of drug-likeness (QED) is 0.443. The van der Waals surface area contributed by atoms with E-state index in [4.69, 9.17) is 4.42 Å². The second kappa shape index (κ2) is 9.36. The second-order valence-corrected chi connectivity index (χ2v) is 8.70. The van der Waals surface area contributed by atoms with Crippen molar-refractivity contribution in [3.8, 4) is 11.5 Å². The summed E-state index contributed by atoms with van der Waals surface area (Å²) in [5, 5.41) is 15.7. The highest BCUT2D eigenvalue weighted by Gasteiger charge is 2.29. The summed E-state index contributed by atoms with van der Waals surface area (Å²) >= 11 is 1.61. The zero-order chi connectivity index (χ0) is 21.8. The predicted octanol–water partition coefficient (Wildman–Crippen LogP) is 5.48. The molecule has 2 aromatic heterocycles. The second-order valence-electron chi connectivity index (χ2n) is 7.92. The third-order valence-corrected chi connectivity index (χ3v) is 6.56. The first-order chi connectivity index (χ1) is 15.8. The average Bonchev–Trinajstić information content (AvgIpc) is 3.56. The normalized spacial score (nSPS) is 14.6. The third-order valence-electron chi connectivity index (χ3n) is 5.87. The molecule has 2 amide bonds. The Morgan fingerprint density at radius 3 is 2.22 bits per heavy atom.